The predicted molar refractivity (Wildman–Crippen MR) is 71.6 cm³/mol. The fraction of sp³-hybridized carbons (Fsp3) is 0.214. The molecule has 0 bridgehead atoms. The molecule has 1 aromatic carbocycles. The van der Waals surface area contributed by atoms with Gasteiger partial charge in [0.2, 0.25) is 0 Å². The van der Waals surface area contributed by atoms with Crippen LogP contribution < -0.4 is 0 Å². The molecule has 1 N–H and O–H groups in total. The molecule has 110 valence electrons. The van der Waals surface area contributed by atoms with Crippen molar-refractivity contribution in [2.45, 2.75) is 6.54 Å². The molecule has 0 aliphatic carbocycles. The minimum Gasteiger partial charge on any atom is -0.478 e. The third kappa shape index (κ3) is 3.25. The second-order valence-corrected chi connectivity index (χ2v) is 4.65. The molecule has 1 aliphatic heterocycles. The molecule has 7 heteroatoms. The maximum Gasteiger partial charge on any atom is 0.328 e. The lowest BCUT2D eigenvalue weighted by atomic mass is 10.1. The number of carboxylic acid groups (broad SMARTS) is 1. The van der Waals surface area contributed by atoms with Crippen molar-refractivity contribution in [2.75, 3.05) is 13.6 Å². The Hall–Kier alpha value is -2.70. The Balaban J connectivity index is 2.22. The van der Waals surface area contributed by atoms with Gasteiger partial charge in [-0.25, -0.2) is 14.0 Å². The van der Waals surface area contributed by atoms with Gasteiger partial charge in [0.1, 0.15) is 12.4 Å². The van der Waals surface area contributed by atoms with Crippen LogP contribution in [0.1, 0.15) is 11.1 Å². The SMILES string of the molecule is CN1CC(=O)N(Cc2ccc(F)c(C=CC(=O)O)c2)C1=O. The van der Waals surface area contributed by atoms with E-state index in [1.807, 2.05) is 0 Å². The van der Waals surface area contributed by atoms with Gasteiger partial charge in [-0.05, 0) is 23.8 Å². The Morgan fingerprint density at radius 1 is 1.43 bits per heavy atom. The van der Waals surface area contributed by atoms with E-state index in [-0.39, 0.29) is 24.6 Å². The summed E-state index contributed by atoms with van der Waals surface area (Å²) in [5.41, 5.74) is 0.626. The number of likely N-dealkylation sites (N-methyl/N-ethyl adjacent to an activating group) is 1. The number of nitrogens with zero attached hydrogens (tertiary/aromatic N) is 2. The van der Waals surface area contributed by atoms with Gasteiger partial charge in [0.15, 0.2) is 0 Å². The van der Waals surface area contributed by atoms with Crippen molar-refractivity contribution in [3.8, 4) is 0 Å². The van der Waals surface area contributed by atoms with Crippen molar-refractivity contribution >= 4 is 24.0 Å². The molecular weight excluding hydrogens is 279 g/mol. The van der Waals surface area contributed by atoms with Crippen molar-refractivity contribution in [1.29, 1.82) is 0 Å². The third-order valence-electron chi connectivity index (χ3n) is 3.04. The van der Waals surface area contributed by atoms with Crippen molar-refractivity contribution in [1.82, 2.24) is 9.80 Å². The van der Waals surface area contributed by atoms with Gasteiger partial charge >= 0.3 is 12.0 Å². The van der Waals surface area contributed by atoms with Crippen LogP contribution in [-0.2, 0) is 16.1 Å². The lowest BCUT2D eigenvalue weighted by molar-refractivity contribution is -0.131. The standard InChI is InChI=1S/C14H13FN2O4/c1-16-8-12(18)17(14(16)21)7-9-2-4-11(15)10(6-9)3-5-13(19)20/h2-6H,7-8H2,1H3,(H,19,20). The van der Waals surface area contributed by atoms with Gasteiger partial charge in [0.05, 0.1) is 6.54 Å². The summed E-state index contributed by atoms with van der Waals surface area (Å²) in [6, 6.07) is 3.62. The van der Waals surface area contributed by atoms with Crippen LogP contribution in [0, 0.1) is 5.82 Å². The highest BCUT2D eigenvalue weighted by Gasteiger charge is 2.33. The zero-order valence-corrected chi connectivity index (χ0v) is 11.2. The minimum absolute atomic E-state index is 0.0196. The first-order chi connectivity index (χ1) is 9.88. The highest BCUT2D eigenvalue weighted by molar-refractivity contribution is 6.01. The van der Waals surface area contributed by atoms with E-state index in [1.54, 1.807) is 0 Å². The van der Waals surface area contributed by atoms with Gasteiger partial charge < -0.3 is 10.0 Å². The van der Waals surface area contributed by atoms with E-state index in [1.165, 1.54) is 30.1 Å². The lowest BCUT2D eigenvalue weighted by Crippen LogP contribution is -2.31. The van der Waals surface area contributed by atoms with Gasteiger partial charge in [-0.2, -0.15) is 0 Å². The Kier molecular flexibility index (Phi) is 4.02. The maximum atomic E-state index is 13.5. The number of carbonyl (C=O) groups excluding carboxylic acids is 2. The van der Waals surface area contributed by atoms with E-state index in [9.17, 15) is 18.8 Å². The van der Waals surface area contributed by atoms with E-state index in [2.05, 4.69) is 0 Å². The summed E-state index contributed by atoms with van der Waals surface area (Å²) in [7, 11) is 1.52. The zero-order valence-electron chi connectivity index (χ0n) is 11.2. The van der Waals surface area contributed by atoms with Gasteiger partial charge in [-0.3, -0.25) is 9.69 Å². The van der Waals surface area contributed by atoms with Crippen LogP contribution in [0.4, 0.5) is 9.18 Å². The highest BCUT2D eigenvalue weighted by atomic mass is 19.1. The monoisotopic (exact) mass is 292 g/mol. The molecule has 0 atom stereocenters. The van der Waals surface area contributed by atoms with Crippen LogP contribution in [-0.4, -0.2) is 46.4 Å². The molecule has 1 saturated heterocycles. The number of rotatable bonds is 4. The largest absolute Gasteiger partial charge is 0.478 e. The summed E-state index contributed by atoms with van der Waals surface area (Å²) in [5.74, 6) is -2.09. The Morgan fingerprint density at radius 3 is 2.71 bits per heavy atom. The van der Waals surface area contributed by atoms with Crippen LogP contribution in [0.3, 0.4) is 0 Å². The average Bonchev–Trinajstić information content (AvgIpc) is 2.65. The summed E-state index contributed by atoms with van der Waals surface area (Å²) in [4.78, 5) is 36.2. The number of hydrogen-bond acceptors (Lipinski definition) is 3. The molecule has 6 nitrogen and oxygen atoms in total. The number of carboxylic acids is 1. The number of aliphatic carboxylic acids is 1. The third-order valence-corrected chi connectivity index (χ3v) is 3.04. The quantitative estimate of drug-likeness (QED) is 0.670. The maximum absolute atomic E-state index is 13.5. The average molecular weight is 292 g/mol. The number of halogens is 1. The van der Waals surface area contributed by atoms with E-state index in [0.29, 0.717) is 5.56 Å². The number of carbonyl (C=O) groups is 3. The lowest BCUT2D eigenvalue weighted by Gasteiger charge is -2.14. The molecule has 0 aromatic heterocycles. The summed E-state index contributed by atoms with van der Waals surface area (Å²) >= 11 is 0. The van der Waals surface area contributed by atoms with E-state index >= 15 is 0 Å². The molecule has 0 saturated carbocycles. The molecule has 21 heavy (non-hydrogen) atoms. The summed E-state index contributed by atoms with van der Waals surface area (Å²) in [6.45, 7) is 0.0437. The van der Waals surface area contributed by atoms with Gasteiger partial charge in [0.25, 0.3) is 5.91 Å². The fourth-order valence-corrected chi connectivity index (χ4v) is 1.99. The first-order valence-corrected chi connectivity index (χ1v) is 6.13. The second-order valence-electron chi connectivity index (χ2n) is 4.65. The van der Waals surface area contributed by atoms with E-state index in [4.69, 9.17) is 5.11 Å². The number of urea groups is 1. The first-order valence-electron chi connectivity index (χ1n) is 6.13. The molecule has 2 rings (SSSR count). The van der Waals surface area contributed by atoms with Gasteiger partial charge in [-0.15, -0.1) is 0 Å². The predicted octanol–water partition coefficient (Wildman–Crippen LogP) is 1.32. The Bertz CT molecular complexity index is 642. The summed E-state index contributed by atoms with van der Waals surface area (Å²) in [6.07, 6.45) is 1.95. The molecule has 1 heterocycles. The molecule has 1 aromatic rings. The molecule has 0 radical (unpaired) electrons. The highest BCUT2D eigenvalue weighted by Crippen LogP contribution is 2.17. The molecule has 3 amide bonds. The van der Waals surface area contributed by atoms with Crippen LogP contribution in [0.2, 0.25) is 0 Å². The van der Waals surface area contributed by atoms with Crippen LogP contribution in [0.5, 0.6) is 0 Å². The molecule has 0 unspecified atom stereocenters. The smallest absolute Gasteiger partial charge is 0.328 e. The van der Waals surface area contributed by atoms with Crippen molar-refractivity contribution in [3.63, 3.8) is 0 Å². The van der Waals surface area contributed by atoms with Crippen LogP contribution >= 0.6 is 0 Å². The number of amides is 3. The van der Waals surface area contributed by atoms with Crippen molar-refractivity contribution < 1.29 is 23.9 Å². The summed E-state index contributed by atoms with van der Waals surface area (Å²) in [5, 5.41) is 8.55. The molecule has 0 spiro atoms. The molecular formula is C14H13FN2O4. The Labute approximate surface area is 120 Å². The van der Waals surface area contributed by atoms with Crippen molar-refractivity contribution in [3.05, 3.63) is 41.2 Å². The van der Waals surface area contributed by atoms with Gasteiger partial charge in [-0.1, -0.05) is 6.07 Å². The summed E-state index contributed by atoms with van der Waals surface area (Å²) < 4.78 is 13.5. The topological polar surface area (TPSA) is 77.9 Å². The van der Waals surface area contributed by atoms with Crippen LogP contribution in [0.25, 0.3) is 6.08 Å². The van der Waals surface area contributed by atoms with E-state index < -0.39 is 17.8 Å². The number of hydrogen-bond donors (Lipinski definition) is 1. The fourth-order valence-electron chi connectivity index (χ4n) is 1.99. The van der Waals surface area contributed by atoms with Crippen molar-refractivity contribution in [2.24, 2.45) is 0 Å². The second kappa shape index (κ2) is 5.74. The number of benzene rings is 1. The number of imide groups is 1. The van der Waals surface area contributed by atoms with Crippen LogP contribution in [0.15, 0.2) is 24.3 Å². The van der Waals surface area contributed by atoms with E-state index in [0.717, 1.165) is 17.1 Å². The Morgan fingerprint density at radius 2 is 2.14 bits per heavy atom. The van der Waals surface area contributed by atoms with Gasteiger partial charge in [0, 0.05) is 18.7 Å². The zero-order chi connectivity index (χ0) is 15.6. The normalized spacial score (nSPS) is 15.3. The molecule has 1 aliphatic rings. The molecule has 1 fully saturated rings. The minimum atomic E-state index is -1.19. The first kappa shape index (κ1) is 14.7.